The first-order valence-electron chi connectivity index (χ1n) is 13.6. The molecule has 0 radical (unpaired) electrons. The maximum atomic E-state index is 11.2. The third-order valence-electron chi connectivity index (χ3n) is 6.30. The Morgan fingerprint density at radius 3 is 2.48 bits per heavy atom. The van der Waals surface area contributed by atoms with Gasteiger partial charge in [0.05, 0.1) is 23.7 Å². The van der Waals surface area contributed by atoms with Gasteiger partial charge in [-0.05, 0) is 89.2 Å². The van der Waals surface area contributed by atoms with Crippen molar-refractivity contribution in [2.75, 3.05) is 24.5 Å². The van der Waals surface area contributed by atoms with Gasteiger partial charge in [-0.1, -0.05) is 50.6 Å². The highest BCUT2D eigenvalue weighted by Gasteiger charge is 2.20. The number of rotatable bonds is 12. The zero-order valence-electron chi connectivity index (χ0n) is 25.0. The van der Waals surface area contributed by atoms with E-state index < -0.39 is 0 Å². The number of halogens is 1. The highest BCUT2D eigenvalue weighted by molar-refractivity contribution is 8.00. The number of anilines is 4. The van der Waals surface area contributed by atoms with Gasteiger partial charge in [0.1, 0.15) is 10.8 Å². The minimum Gasteiger partial charge on any atom is -0.489 e. The molecule has 1 unspecified atom stereocenters. The van der Waals surface area contributed by atoms with Crippen LogP contribution >= 0.6 is 23.4 Å². The minimum atomic E-state index is -0.0320. The number of para-hydroxylation sites is 1. The molecule has 0 fully saturated rings. The van der Waals surface area contributed by atoms with Gasteiger partial charge in [0.2, 0.25) is 5.95 Å². The summed E-state index contributed by atoms with van der Waals surface area (Å²) in [6, 6.07) is 12.1. The molecule has 0 spiro atoms. The highest BCUT2D eigenvalue weighted by atomic mass is 35.5. The second-order valence-electron chi connectivity index (χ2n) is 10.5. The number of nitrogens with one attached hydrogen (secondary N) is 1. The van der Waals surface area contributed by atoms with Gasteiger partial charge in [-0.2, -0.15) is 4.98 Å². The Labute approximate surface area is 248 Å². The van der Waals surface area contributed by atoms with E-state index in [1.807, 2.05) is 38.1 Å². The first-order chi connectivity index (χ1) is 18.9. The van der Waals surface area contributed by atoms with Gasteiger partial charge in [0.25, 0.3) is 0 Å². The number of aryl methyl sites for hydroxylation is 1. The molecule has 0 aliphatic carbocycles. The second-order valence-corrected chi connectivity index (χ2v) is 12.5. The fourth-order valence-electron chi connectivity index (χ4n) is 4.11. The smallest absolute Gasteiger partial charge is 0.229 e. The van der Waals surface area contributed by atoms with Gasteiger partial charge in [0.15, 0.2) is 5.82 Å². The molecule has 2 N–H and O–H groups in total. The van der Waals surface area contributed by atoms with Crippen LogP contribution in [0.15, 0.2) is 53.6 Å². The van der Waals surface area contributed by atoms with Crippen molar-refractivity contribution in [2.45, 2.75) is 77.2 Å². The quantitative estimate of drug-likeness (QED) is 0.162. The van der Waals surface area contributed by atoms with E-state index in [0.29, 0.717) is 28.7 Å². The minimum absolute atomic E-state index is 0.0320. The topological polar surface area (TPSA) is 73.8 Å². The van der Waals surface area contributed by atoms with Crippen LogP contribution < -0.4 is 15.1 Å². The first-order valence-corrected chi connectivity index (χ1v) is 14.9. The number of benzene rings is 2. The maximum Gasteiger partial charge on any atom is 0.229 e. The van der Waals surface area contributed by atoms with Crippen LogP contribution in [0.3, 0.4) is 0 Å². The average Bonchev–Trinajstić information content (AvgIpc) is 2.89. The molecule has 0 saturated heterocycles. The summed E-state index contributed by atoms with van der Waals surface area (Å²) < 4.78 is 6.24. The fraction of sp³-hybridized carbons (Fsp3) is 0.419. The normalized spacial score (nSPS) is 12.8. The maximum absolute atomic E-state index is 11.2. The van der Waals surface area contributed by atoms with Crippen LogP contribution in [-0.2, 0) is 0 Å². The Kier molecular flexibility index (Phi) is 11.3. The summed E-state index contributed by atoms with van der Waals surface area (Å²) in [5.41, 5.74) is 4.85. The number of thioether (sulfide) groups is 1. The summed E-state index contributed by atoms with van der Waals surface area (Å²) in [6.07, 6.45) is 4.65. The lowest BCUT2D eigenvalue weighted by atomic mass is 9.95. The lowest BCUT2D eigenvalue weighted by Crippen LogP contribution is -2.22. The number of ether oxygens (including phenoxy) is 1. The molecule has 216 valence electrons. The van der Waals surface area contributed by atoms with Gasteiger partial charge in [-0.25, -0.2) is 10.0 Å². The molecule has 7 nitrogen and oxygen atoms in total. The number of hydrogen-bond donors (Lipinski definition) is 2. The number of likely N-dealkylation sites (N-methyl/N-ethyl adjacent to an activating group) is 1. The van der Waals surface area contributed by atoms with Gasteiger partial charge in [0, 0.05) is 16.2 Å². The SMILES string of the molecule is CC/C(=C\C(C)N(C)C)c1cc(OC(C)C)c(Nc2ncc(Cl)c(N(O)c3ccccc3SC(C)C)n2)cc1C. The van der Waals surface area contributed by atoms with Crippen molar-refractivity contribution in [3.8, 4) is 5.75 Å². The Hall–Kier alpha value is -2.78. The molecule has 1 heterocycles. The molecule has 0 amide bonds. The van der Waals surface area contributed by atoms with Crippen LogP contribution in [0.2, 0.25) is 5.02 Å². The molecule has 1 atom stereocenters. The molecular weight excluding hydrogens is 542 g/mol. The van der Waals surface area contributed by atoms with E-state index in [0.717, 1.165) is 33.2 Å². The van der Waals surface area contributed by atoms with E-state index in [4.69, 9.17) is 16.3 Å². The van der Waals surface area contributed by atoms with Gasteiger partial charge >= 0.3 is 0 Å². The molecule has 1 aromatic heterocycles. The number of hydrogen-bond acceptors (Lipinski definition) is 8. The van der Waals surface area contributed by atoms with Crippen molar-refractivity contribution in [2.24, 2.45) is 0 Å². The fourth-order valence-corrected chi connectivity index (χ4v) is 5.22. The number of nitrogens with zero attached hydrogens (tertiary/aromatic N) is 4. The van der Waals surface area contributed by atoms with E-state index in [9.17, 15) is 5.21 Å². The Morgan fingerprint density at radius 2 is 1.85 bits per heavy atom. The molecule has 3 rings (SSSR count). The molecule has 2 aromatic carbocycles. The van der Waals surface area contributed by atoms with E-state index >= 15 is 0 Å². The van der Waals surface area contributed by atoms with Crippen LogP contribution in [0.25, 0.3) is 5.57 Å². The lowest BCUT2D eigenvalue weighted by Gasteiger charge is -2.22. The van der Waals surface area contributed by atoms with Gasteiger partial charge in [-0.15, -0.1) is 11.8 Å². The third kappa shape index (κ3) is 8.13. The van der Waals surface area contributed by atoms with Crippen molar-refractivity contribution in [3.63, 3.8) is 0 Å². The Bertz CT molecular complexity index is 1330. The summed E-state index contributed by atoms with van der Waals surface area (Å²) in [5, 5.41) is 16.1. The zero-order chi connectivity index (χ0) is 29.6. The summed E-state index contributed by atoms with van der Waals surface area (Å²) in [6.45, 7) is 14.7. The van der Waals surface area contributed by atoms with E-state index in [2.05, 4.69) is 87.1 Å². The highest BCUT2D eigenvalue weighted by Crippen LogP contribution is 2.39. The molecule has 9 heteroatoms. The van der Waals surface area contributed by atoms with Gasteiger partial charge in [-0.3, -0.25) is 5.21 Å². The van der Waals surface area contributed by atoms with Crippen molar-refractivity contribution in [1.82, 2.24) is 14.9 Å². The van der Waals surface area contributed by atoms with E-state index in [-0.39, 0.29) is 16.9 Å². The van der Waals surface area contributed by atoms with Crippen molar-refractivity contribution >= 4 is 52.1 Å². The summed E-state index contributed by atoms with van der Waals surface area (Å²) >= 11 is 8.12. The monoisotopic (exact) mass is 583 g/mol. The number of allylic oxidation sites excluding steroid dienone is 1. The van der Waals surface area contributed by atoms with Gasteiger partial charge < -0.3 is 15.0 Å². The van der Waals surface area contributed by atoms with Crippen LogP contribution in [0, 0.1) is 6.92 Å². The predicted molar refractivity (Wildman–Crippen MR) is 170 cm³/mol. The Morgan fingerprint density at radius 1 is 1.15 bits per heavy atom. The average molecular weight is 584 g/mol. The summed E-state index contributed by atoms with van der Waals surface area (Å²) in [5.74, 6) is 1.18. The zero-order valence-corrected chi connectivity index (χ0v) is 26.6. The van der Waals surface area contributed by atoms with Crippen LogP contribution in [0.4, 0.5) is 23.1 Å². The molecule has 0 aliphatic rings. The standard InChI is InChI=1S/C31H42ClN5O2S/c1-10-23(16-22(7)36(8)9)24-17-28(39-19(2)3)26(15-21(24)6)34-31-33-18-25(32)30(35-31)37(38)27-13-11-12-14-29(27)40-20(4)5/h11-20,22,38H,10H2,1-9H3,(H,33,34,35)/b23-16+. The molecule has 0 saturated carbocycles. The van der Waals surface area contributed by atoms with Crippen molar-refractivity contribution in [3.05, 3.63) is 64.8 Å². The summed E-state index contributed by atoms with van der Waals surface area (Å²) in [7, 11) is 4.16. The van der Waals surface area contributed by atoms with E-state index in [1.54, 1.807) is 11.8 Å². The summed E-state index contributed by atoms with van der Waals surface area (Å²) in [4.78, 5) is 12.1. The molecule has 3 aromatic rings. The lowest BCUT2D eigenvalue weighted by molar-refractivity contribution is 0.243. The first kappa shape index (κ1) is 31.7. The molecule has 40 heavy (non-hydrogen) atoms. The third-order valence-corrected chi connectivity index (χ3v) is 7.64. The van der Waals surface area contributed by atoms with Crippen molar-refractivity contribution in [1.29, 1.82) is 0 Å². The Balaban J connectivity index is 2.02. The predicted octanol–water partition coefficient (Wildman–Crippen LogP) is 8.74. The van der Waals surface area contributed by atoms with Crippen LogP contribution in [0.1, 0.15) is 59.1 Å². The van der Waals surface area contributed by atoms with Crippen molar-refractivity contribution < 1.29 is 9.94 Å². The van der Waals surface area contributed by atoms with E-state index in [1.165, 1.54) is 11.8 Å². The molecule has 0 aliphatic heterocycles. The second kappa shape index (κ2) is 14.2. The molecular formula is C31H42ClN5O2S. The van der Waals surface area contributed by atoms with Crippen LogP contribution in [0.5, 0.6) is 5.75 Å². The van der Waals surface area contributed by atoms with Crippen LogP contribution in [-0.4, -0.2) is 51.6 Å². The number of aromatic nitrogens is 2. The largest absolute Gasteiger partial charge is 0.489 e. The molecule has 0 bridgehead atoms.